The molecule has 2 unspecified atom stereocenters. The van der Waals surface area contributed by atoms with Crippen molar-refractivity contribution in [3.63, 3.8) is 0 Å². The Morgan fingerprint density at radius 2 is 2.05 bits per heavy atom. The van der Waals surface area contributed by atoms with Crippen LogP contribution in [0.5, 0.6) is 11.5 Å². The van der Waals surface area contributed by atoms with Gasteiger partial charge < -0.3 is 19.9 Å². The molecule has 5 nitrogen and oxygen atoms in total. The fourth-order valence-electron chi connectivity index (χ4n) is 2.67. The van der Waals surface area contributed by atoms with Crippen molar-refractivity contribution < 1.29 is 19.0 Å². The van der Waals surface area contributed by atoms with Gasteiger partial charge >= 0.3 is 5.97 Å². The lowest BCUT2D eigenvalue weighted by Gasteiger charge is -2.35. The molecule has 0 saturated heterocycles. The van der Waals surface area contributed by atoms with Crippen molar-refractivity contribution in [2.24, 2.45) is 5.73 Å². The van der Waals surface area contributed by atoms with E-state index in [1.165, 1.54) is 7.11 Å². The molecule has 0 aliphatic carbocycles. The summed E-state index contributed by atoms with van der Waals surface area (Å²) in [5.41, 5.74) is 6.74. The van der Waals surface area contributed by atoms with Crippen LogP contribution in [0.25, 0.3) is 0 Å². The number of esters is 1. The fourth-order valence-corrected chi connectivity index (χ4v) is 2.67. The fraction of sp³-hybridized carbons (Fsp3) is 0.562. The highest BCUT2D eigenvalue weighted by Gasteiger charge is 2.36. The van der Waals surface area contributed by atoms with E-state index in [1.807, 2.05) is 32.0 Å². The second-order valence-electron chi connectivity index (χ2n) is 5.54. The van der Waals surface area contributed by atoms with Crippen molar-refractivity contribution in [1.29, 1.82) is 0 Å². The lowest BCUT2D eigenvalue weighted by Crippen LogP contribution is -2.44. The smallest absolute Gasteiger partial charge is 0.306 e. The third kappa shape index (κ3) is 3.13. The molecule has 5 heteroatoms. The van der Waals surface area contributed by atoms with Gasteiger partial charge in [-0.3, -0.25) is 4.79 Å². The molecule has 0 fully saturated rings. The number of fused-ring (bicyclic) bond motifs is 1. The summed E-state index contributed by atoms with van der Waals surface area (Å²) in [5, 5.41) is 0. The number of nitrogens with two attached hydrogens (primary N) is 1. The second kappa shape index (κ2) is 6.35. The molecule has 2 atom stereocenters. The molecular weight excluding hydrogens is 270 g/mol. The van der Waals surface area contributed by atoms with E-state index in [4.69, 9.17) is 19.9 Å². The third-order valence-corrected chi connectivity index (χ3v) is 4.20. The van der Waals surface area contributed by atoms with Crippen LogP contribution in [-0.4, -0.2) is 32.3 Å². The van der Waals surface area contributed by atoms with Crippen molar-refractivity contribution in [3.8, 4) is 11.5 Å². The van der Waals surface area contributed by atoms with E-state index in [1.54, 1.807) is 0 Å². The number of carbonyl (C=O) groups is 1. The minimum Gasteiger partial charge on any atom is -0.486 e. The summed E-state index contributed by atoms with van der Waals surface area (Å²) < 4.78 is 16.0. The Hall–Kier alpha value is -1.75. The molecule has 0 bridgehead atoms. The topological polar surface area (TPSA) is 70.8 Å². The molecule has 1 aromatic rings. The van der Waals surface area contributed by atoms with Crippen LogP contribution in [0.15, 0.2) is 18.2 Å². The summed E-state index contributed by atoms with van der Waals surface area (Å²) >= 11 is 0. The number of benzene rings is 1. The first kappa shape index (κ1) is 15.6. The average Bonchev–Trinajstić information content (AvgIpc) is 2.53. The van der Waals surface area contributed by atoms with E-state index in [0.717, 1.165) is 17.7 Å². The zero-order chi connectivity index (χ0) is 15.5. The number of methoxy groups -OCH3 is 1. The van der Waals surface area contributed by atoms with E-state index in [2.05, 4.69) is 0 Å². The number of rotatable bonds is 5. The molecule has 2 rings (SSSR count). The molecular formula is C16H23NO4. The summed E-state index contributed by atoms with van der Waals surface area (Å²) in [5.74, 6) is 1.17. The van der Waals surface area contributed by atoms with Gasteiger partial charge in [-0.05, 0) is 24.1 Å². The molecule has 0 amide bonds. The zero-order valence-corrected chi connectivity index (χ0v) is 12.8. The molecule has 1 aliphatic heterocycles. The SMILES string of the molecule is CCC(N)C(C)(CC(=O)OC)c1ccc2c(c1)OCCO2. The molecule has 0 spiro atoms. The van der Waals surface area contributed by atoms with Gasteiger partial charge in [-0.2, -0.15) is 0 Å². The quantitative estimate of drug-likeness (QED) is 0.841. The molecule has 1 aliphatic rings. The summed E-state index contributed by atoms with van der Waals surface area (Å²) in [7, 11) is 1.39. The lowest BCUT2D eigenvalue weighted by molar-refractivity contribution is -0.142. The van der Waals surface area contributed by atoms with Crippen LogP contribution in [0.2, 0.25) is 0 Å². The number of hydrogen-bond donors (Lipinski definition) is 1. The monoisotopic (exact) mass is 293 g/mol. The maximum atomic E-state index is 11.8. The summed E-state index contributed by atoms with van der Waals surface area (Å²) in [6.07, 6.45) is 1.00. The molecule has 1 aromatic carbocycles. The van der Waals surface area contributed by atoms with Gasteiger partial charge in [0.05, 0.1) is 13.5 Å². The molecule has 2 N–H and O–H groups in total. The first-order chi connectivity index (χ1) is 10.0. The summed E-state index contributed by atoms with van der Waals surface area (Å²) in [4.78, 5) is 11.8. The van der Waals surface area contributed by atoms with Gasteiger partial charge in [-0.1, -0.05) is 19.9 Å². The first-order valence-electron chi connectivity index (χ1n) is 7.23. The number of ether oxygens (including phenoxy) is 3. The van der Waals surface area contributed by atoms with Crippen LogP contribution < -0.4 is 15.2 Å². The van der Waals surface area contributed by atoms with Crippen LogP contribution in [0.3, 0.4) is 0 Å². The standard InChI is InChI=1S/C16H23NO4/c1-4-14(17)16(2,10-15(18)19-3)11-5-6-12-13(9-11)21-8-7-20-12/h5-6,9,14H,4,7-8,10,17H2,1-3H3. The minimum absolute atomic E-state index is 0.154. The van der Waals surface area contributed by atoms with Crippen LogP contribution in [0.4, 0.5) is 0 Å². The van der Waals surface area contributed by atoms with Crippen molar-refractivity contribution in [3.05, 3.63) is 23.8 Å². The minimum atomic E-state index is -0.502. The maximum Gasteiger partial charge on any atom is 0.306 e. The van der Waals surface area contributed by atoms with Crippen molar-refractivity contribution in [2.45, 2.75) is 38.1 Å². The molecule has 0 saturated carbocycles. The van der Waals surface area contributed by atoms with Crippen molar-refractivity contribution in [1.82, 2.24) is 0 Å². The van der Waals surface area contributed by atoms with Gasteiger partial charge in [0.15, 0.2) is 11.5 Å². The van der Waals surface area contributed by atoms with Gasteiger partial charge in [0, 0.05) is 11.5 Å². The highest BCUT2D eigenvalue weighted by Crippen LogP contribution is 2.38. The Bertz CT molecular complexity index is 517. The largest absolute Gasteiger partial charge is 0.486 e. The van der Waals surface area contributed by atoms with Gasteiger partial charge in [0.2, 0.25) is 0 Å². The average molecular weight is 293 g/mol. The van der Waals surface area contributed by atoms with Gasteiger partial charge in [0.25, 0.3) is 0 Å². The molecule has 21 heavy (non-hydrogen) atoms. The van der Waals surface area contributed by atoms with Gasteiger partial charge in [0.1, 0.15) is 13.2 Å². The van der Waals surface area contributed by atoms with Gasteiger partial charge in [-0.15, -0.1) is 0 Å². The second-order valence-corrected chi connectivity index (χ2v) is 5.54. The molecule has 0 radical (unpaired) electrons. The van der Waals surface area contributed by atoms with E-state index in [0.29, 0.717) is 19.0 Å². The van der Waals surface area contributed by atoms with E-state index < -0.39 is 5.41 Å². The normalized spacial score (nSPS) is 17.7. The number of hydrogen-bond acceptors (Lipinski definition) is 5. The van der Waals surface area contributed by atoms with Crippen molar-refractivity contribution in [2.75, 3.05) is 20.3 Å². The highest BCUT2D eigenvalue weighted by molar-refractivity contribution is 5.71. The predicted molar refractivity (Wildman–Crippen MR) is 79.7 cm³/mol. The first-order valence-corrected chi connectivity index (χ1v) is 7.23. The van der Waals surface area contributed by atoms with Crippen LogP contribution in [0, 0.1) is 0 Å². The Balaban J connectivity index is 2.38. The summed E-state index contributed by atoms with van der Waals surface area (Å²) in [6, 6.07) is 5.60. The van der Waals surface area contributed by atoms with Crippen LogP contribution in [0.1, 0.15) is 32.3 Å². The van der Waals surface area contributed by atoms with E-state index >= 15 is 0 Å². The highest BCUT2D eigenvalue weighted by atomic mass is 16.6. The summed E-state index contributed by atoms with van der Waals surface area (Å²) in [6.45, 7) is 5.09. The Morgan fingerprint density at radius 1 is 1.38 bits per heavy atom. The van der Waals surface area contributed by atoms with Crippen LogP contribution in [-0.2, 0) is 14.9 Å². The zero-order valence-electron chi connectivity index (χ0n) is 12.8. The third-order valence-electron chi connectivity index (χ3n) is 4.20. The van der Waals surface area contributed by atoms with E-state index in [9.17, 15) is 4.79 Å². The Labute approximate surface area is 125 Å². The maximum absolute atomic E-state index is 11.8. The van der Waals surface area contributed by atoms with E-state index in [-0.39, 0.29) is 18.4 Å². The van der Waals surface area contributed by atoms with Crippen molar-refractivity contribution >= 4 is 5.97 Å². The molecule has 1 heterocycles. The molecule has 0 aromatic heterocycles. The Morgan fingerprint density at radius 3 is 2.67 bits per heavy atom. The Kier molecular flexibility index (Phi) is 4.73. The number of carbonyl (C=O) groups excluding carboxylic acids is 1. The molecule has 116 valence electrons. The predicted octanol–water partition coefficient (Wildman–Crippen LogP) is 2.02. The lowest BCUT2D eigenvalue weighted by atomic mass is 9.72. The van der Waals surface area contributed by atoms with Gasteiger partial charge in [-0.25, -0.2) is 0 Å². The van der Waals surface area contributed by atoms with Crippen LogP contribution >= 0.6 is 0 Å².